The number of nitrogens with zero attached hydrogens (tertiary/aromatic N) is 2. The van der Waals surface area contributed by atoms with Crippen LogP contribution in [0.1, 0.15) is 25.8 Å². The molecular weight excluding hydrogens is 208 g/mol. The molecule has 0 fully saturated rings. The third-order valence-electron chi connectivity index (χ3n) is 2.08. The molecule has 0 unspecified atom stereocenters. The van der Waals surface area contributed by atoms with Crippen molar-refractivity contribution in [1.29, 1.82) is 0 Å². The highest BCUT2D eigenvalue weighted by Crippen LogP contribution is 2.30. The van der Waals surface area contributed by atoms with Gasteiger partial charge in [0.2, 0.25) is 5.88 Å². The van der Waals surface area contributed by atoms with Gasteiger partial charge in [0.25, 0.3) is 0 Å². The molecular formula is C11H14N2OS. The number of aromatic nitrogens is 2. The second-order valence-corrected chi connectivity index (χ2v) is 5.42. The molecule has 0 spiro atoms. The predicted octanol–water partition coefficient (Wildman–Crippen LogP) is 3.00. The molecule has 80 valence electrons. The fourth-order valence-electron chi connectivity index (χ4n) is 1.23. The average Bonchev–Trinajstić information content (AvgIpc) is 2.59. The summed E-state index contributed by atoms with van der Waals surface area (Å²) in [7, 11) is 1.62. The van der Waals surface area contributed by atoms with Crippen LogP contribution >= 0.6 is 11.3 Å². The summed E-state index contributed by atoms with van der Waals surface area (Å²) in [5, 5.41) is 1.11. The number of ether oxygens (including phenoxy) is 1. The Labute approximate surface area is 93.1 Å². The SMILES string of the molecule is COc1ccc2nc(C(C)(C)C)sc2n1. The quantitative estimate of drug-likeness (QED) is 0.744. The van der Waals surface area contributed by atoms with E-state index < -0.39 is 0 Å². The molecule has 2 aromatic heterocycles. The van der Waals surface area contributed by atoms with Crippen LogP contribution in [0.25, 0.3) is 10.3 Å². The van der Waals surface area contributed by atoms with Gasteiger partial charge in [-0.25, -0.2) is 9.97 Å². The lowest BCUT2D eigenvalue weighted by Crippen LogP contribution is -2.09. The van der Waals surface area contributed by atoms with E-state index in [9.17, 15) is 0 Å². The highest BCUT2D eigenvalue weighted by Gasteiger charge is 2.19. The monoisotopic (exact) mass is 222 g/mol. The smallest absolute Gasteiger partial charge is 0.214 e. The first-order valence-corrected chi connectivity index (χ1v) is 5.64. The standard InChI is InChI=1S/C11H14N2OS/c1-11(2,3)10-12-7-5-6-8(14-4)13-9(7)15-10/h5-6H,1-4H3. The normalized spacial score (nSPS) is 12.0. The summed E-state index contributed by atoms with van der Waals surface area (Å²) < 4.78 is 5.08. The van der Waals surface area contributed by atoms with Crippen LogP contribution in [-0.4, -0.2) is 17.1 Å². The Kier molecular flexibility index (Phi) is 2.38. The first kappa shape index (κ1) is 10.4. The summed E-state index contributed by atoms with van der Waals surface area (Å²) >= 11 is 1.63. The van der Waals surface area contributed by atoms with Crippen molar-refractivity contribution in [2.75, 3.05) is 7.11 Å². The van der Waals surface area contributed by atoms with Gasteiger partial charge < -0.3 is 4.74 Å². The lowest BCUT2D eigenvalue weighted by atomic mass is 9.98. The van der Waals surface area contributed by atoms with Crippen LogP contribution in [0.2, 0.25) is 0 Å². The fourth-order valence-corrected chi connectivity index (χ4v) is 2.22. The molecule has 2 heterocycles. The molecule has 0 aromatic carbocycles. The van der Waals surface area contributed by atoms with Crippen LogP contribution in [0.4, 0.5) is 0 Å². The second kappa shape index (κ2) is 3.45. The minimum atomic E-state index is 0.0819. The number of thiazole rings is 1. The van der Waals surface area contributed by atoms with E-state index in [2.05, 4.69) is 30.7 Å². The molecule has 0 N–H and O–H groups in total. The molecule has 0 aliphatic carbocycles. The van der Waals surface area contributed by atoms with Gasteiger partial charge in [-0.05, 0) is 6.07 Å². The summed E-state index contributed by atoms with van der Waals surface area (Å²) in [6.45, 7) is 6.46. The zero-order valence-corrected chi connectivity index (χ0v) is 10.2. The van der Waals surface area contributed by atoms with Gasteiger partial charge in [-0.1, -0.05) is 32.1 Å². The van der Waals surface area contributed by atoms with Crippen LogP contribution < -0.4 is 4.74 Å². The zero-order chi connectivity index (χ0) is 11.1. The van der Waals surface area contributed by atoms with Crippen molar-refractivity contribution in [2.24, 2.45) is 0 Å². The molecule has 3 nitrogen and oxygen atoms in total. The molecule has 0 saturated heterocycles. The van der Waals surface area contributed by atoms with E-state index in [1.165, 1.54) is 0 Å². The van der Waals surface area contributed by atoms with E-state index >= 15 is 0 Å². The van der Waals surface area contributed by atoms with Crippen LogP contribution in [0.15, 0.2) is 12.1 Å². The molecule has 0 saturated carbocycles. The first-order valence-electron chi connectivity index (χ1n) is 4.83. The van der Waals surface area contributed by atoms with E-state index in [0.717, 1.165) is 15.4 Å². The molecule has 0 bridgehead atoms. The number of hydrogen-bond donors (Lipinski definition) is 0. The minimum absolute atomic E-state index is 0.0819. The zero-order valence-electron chi connectivity index (χ0n) is 9.37. The van der Waals surface area contributed by atoms with Crippen LogP contribution in [0, 0.1) is 0 Å². The predicted molar refractivity (Wildman–Crippen MR) is 62.7 cm³/mol. The Balaban J connectivity index is 2.56. The van der Waals surface area contributed by atoms with Gasteiger partial charge in [0.05, 0.1) is 7.11 Å². The fraction of sp³-hybridized carbons (Fsp3) is 0.455. The Morgan fingerprint density at radius 3 is 2.53 bits per heavy atom. The minimum Gasteiger partial charge on any atom is -0.481 e. The lowest BCUT2D eigenvalue weighted by molar-refractivity contribution is 0.400. The molecule has 0 atom stereocenters. The van der Waals surface area contributed by atoms with Crippen molar-refractivity contribution in [3.63, 3.8) is 0 Å². The molecule has 4 heteroatoms. The number of fused-ring (bicyclic) bond motifs is 1. The molecule has 0 aliphatic heterocycles. The van der Waals surface area contributed by atoms with E-state index in [1.54, 1.807) is 18.4 Å². The van der Waals surface area contributed by atoms with E-state index in [0.29, 0.717) is 5.88 Å². The molecule has 2 rings (SSSR count). The maximum atomic E-state index is 5.08. The van der Waals surface area contributed by atoms with Crippen LogP contribution in [-0.2, 0) is 5.41 Å². The van der Waals surface area contributed by atoms with Crippen LogP contribution in [0.5, 0.6) is 5.88 Å². The van der Waals surface area contributed by atoms with Gasteiger partial charge >= 0.3 is 0 Å². The number of methoxy groups -OCH3 is 1. The van der Waals surface area contributed by atoms with E-state index in [1.807, 2.05) is 12.1 Å². The van der Waals surface area contributed by atoms with Gasteiger partial charge in [0, 0.05) is 11.5 Å². The Hall–Kier alpha value is -1.16. The molecule has 2 aromatic rings. The van der Waals surface area contributed by atoms with Crippen molar-refractivity contribution in [1.82, 2.24) is 9.97 Å². The summed E-state index contributed by atoms with van der Waals surface area (Å²) in [4.78, 5) is 9.87. The van der Waals surface area contributed by atoms with E-state index in [4.69, 9.17) is 4.74 Å². The maximum Gasteiger partial charge on any atom is 0.214 e. The molecule has 15 heavy (non-hydrogen) atoms. The Morgan fingerprint density at radius 1 is 1.20 bits per heavy atom. The lowest BCUT2D eigenvalue weighted by Gasteiger charge is -2.12. The van der Waals surface area contributed by atoms with Gasteiger partial charge in [-0.3, -0.25) is 0 Å². The van der Waals surface area contributed by atoms with Crippen molar-refractivity contribution in [2.45, 2.75) is 26.2 Å². The summed E-state index contributed by atoms with van der Waals surface area (Å²) in [5.74, 6) is 0.645. The topological polar surface area (TPSA) is 35.0 Å². The largest absolute Gasteiger partial charge is 0.481 e. The third-order valence-corrected chi connectivity index (χ3v) is 3.47. The highest BCUT2D eigenvalue weighted by molar-refractivity contribution is 7.18. The molecule has 0 amide bonds. The maximum absolute atomic E-state index is 5.08. The summed E-state index contributed by atoms with van der Waals surface area (Å²) in [6.07, 6.45) is 0. The number of pyridine rings is 1. The number of rotatable bonds is 1. The van der Waals surface area contributed by atoms with Crippen molar-refractivity contribution >= 4 is 21.7 Å². The first-order chi connectivity index (χ1) is 7.00. The Bertz CT molecular complexity index is 485. The summed E-state index contributed by atoms with van der Waals surface area (Å²) in [6, 6.07) is 3.79. The van der Waals surface area contributed by atoms with Gasteiger partial charge in [-0.15, -0.1) is 0 Å². The van der Waals surface area contributed by atoms with Crippen molar-refractivity contribution in [3.8, 4) is 5.88 Å². The van der Waals surface area contributed by atoms with Crippen molar-refractivity contribution < 1.29 is 4.74 Å². The summed E-state index contributed by atoms with van der Waals surface area (Å²) in [5.41, 5.74) is 1.03. The molecule has 0 aliphatic rings. The van der Waals surface area contributed by atoms with Gasteiger partial charge in [0.15, 0.2) is 0 Å². The highest BCUT2D eigenvalue weighted by atomic mass is 32.1. The van der Waals surface area contributed by atoms with Gasteiger partial charge in [0.1, 0.15) is 15.4 Å². The van der Waals surface area contributed by atoms with Crippen molar-refractivity contribution in [3.05, 3.63) is 17.1 Å². The van der Waals surface area contributed by atoms with Crippen LogP contribution in [0.3, 0.4) is 0 Å². The van der Waals surface area contributed by atoms with Gasteiger partial charge in [-0.2, -0.15) is 0 Å². The Morgan fingerprint density at radius 2 is 1.93 bits per heavy atom. The molecule has 0 radical (unpaired) electrons. The average molecular weight is 222 g/mol. The number of hydrogen-bond acceptors (Lipinski definition) is 4. The second-order valence-electron chi connectivity index (χ2n) is 4.45. The van der Waals surface area contributed by atoms with E-state index in [-0.39, 0.29) is 5.41 Å². The third kappa shape index (κ3) is 1.95.